The summed E-state index contributed by atoms with van der Waals surface area (Å²) in [6, 6.07) is 0. The molecule has 0 radical (unpaired) electrons. The minimum absolute atomic E-state index is 0.0321. The molecule has 3 aliphatic carbocycles. The Hall–Kier alpha value is -2.20. The van der Waals surface area contributed by atoms with E-state index < -0.39 is 0 Å². The topological polar surface area (TPSA) is 124 Å². The molecule has 10 heteroatoms. The summed E-state index contributed by atoms with van der Waals surface area (Å²) in [7, 11) is 2.86. The summed E-state index contributed by atoms with van der Waals surface area (Å²) in [5.74, 6) is 4.54. The van der Waals surface area contributed by atoms with Crippen LogP contribution in [0.2, 0.25) is 6.32 Å². The number of hydrogen-bond acceptors (Lipinski definition) is 8. The number of amides is 1. The van der Waals surface area contributed by atoms with Crippen LogP contribution in [-0.2, 0) is 14.2 Å². The second kappa shape index (κ2) is 27.7. The fourth-order valence-electron chi connectivity index (χ4n) is 6.88. The molecular weight excluding hydrogens is 589 g/mol. The van der Waals surface area contributed by atoms with Crippen molar-refractivity contribution in [3.63, 3.8) is 0 Å². The van der Waals surface area contributed by atoms with E-state index >= 15 is 0 Å². The third-order valence-corrected chi connectivity index (χ3v) is 9.63. The fourth-order valence-corrected chi connectivity index (χ4v) is 6.88. The normalized spacial score (nSPS) is 21.5. The summed E-state index contributed by atoms with van der Waals surface area (Å²) < 4.78 is 6.67. The standard InChI is InChI=1S/C26H48BN3O2.C7H16N2.C2H6.CH4O.CH2O/c1-7-8-9-10-11-12-28-19(4)29-17-24(31)30-23(13-18(2)3)27-16-20-14-21-15-22(25(20)32-27)26(21,5)6;1-4-5-6-9-7(2)8-3;3*1-2/h18,20-23,25,28-29H,4,7-17H2,1-3,5-6H3,(H,30,31);8-9H,2,4-6H2,1,3H3;1-2H3;2H,1H3;1H2/t20?,21?,22?,23?,25-;;;;/m1..../s1. The van der Waals surface area contributed by atoms with Gasteiger partial charge < -0.3 is 41.1 Å². The SMILES string of the molecule is C=C(NC)NCCCC.C=C(NCCCCCCC)NCC(=O)NC(CC(C)C)B1CC2CC3CC([C@@H]2O1)C3(C)C.C=O.CC.CO. The number of aliphatic hydroxyl groups is 1. The lowest BCUT2D eigenvalue weighted by atomic mass is 9.44. The molecule has 276 valence electrons. The van der Waals surface area contributed by atoms with Crippen molar-refractivity contribution in [3.05, 3.63) is 24.8 Å². The van der Waals surface area contributed by atoms with Crippen molar-refractivity contribution >= 4 is 19.6 Å². The summed E-state index contributed by atoms with van der Waals surface area (Å²) in [5, 5.41) is 22.8. The molecule has 4 unspecified atom stereocenters. The molecule has 4 aliphatic rings. The second-order valence-corrected chi connectivity index (χ2v) is 13.7. The first-order chi connectivity index (χ1) is 22.5. The zero-order valence-corrected chi connectivity index (χ0v) is 32.2. The summed E-state index contributed by atoms with van der Waals surface area (Å²) in [4.78, 5) is 20.7. The van der Waals surface area contributed by atoms with Gasteiger partial charge in [-0.3, -0.25) is 4.79 Å². The predicted molar refractivity (Wildman–Crippen MR) is 202 cm³/mol. The molecule has 4 rings (SSSR count). The minimum atomic E-state index is 0.0321. The van der Waals surface area contributed by atoms with Gasteiger partial charge in [0.15, 0.2) is 0 Å². The van der Waals surface area contributed by atoms with Crippen LogP contribution in [0.25, 0.3) is 0 Å². The molecule has 1 saturated heterocycles. The van der Waals surface area contributed by atoms with E-state index in [0.717, 1.165) is 56.9 Å². The van der Waals surface area contributed by atoms with Gasteiger partial charge in [0.05, 0.1) is 18.2 Å². The molecule has 6 N–H and O–H groups in total. The first-order valence-corrected chi connectivity index (χ1v) is 18.5. The molecule has 0 aromatic rings. The summed E-state index contributed by atoms with van der Waals surface area (Å²) >= 11 is 0. The van der Waals surface area contributed by atoms with E-state index in [1.54, 1.807) is 0 Å². The van der Waals surface area contributed by atoms with Crippen molar-refractivity contribution in [1.82, 2.24) is 26.6 Å². The Morgan fingerprint density at radius 2 is 1.49 bits per heavy atom. The van der Waals surface area contributed by atoms with Crippen LogP contribution in [0.4, 0.5) is 0 Å². The van der Waals surface area contributed by atoms with E-state index in [-0.39, 0.29) is 25.3 Å². The van der Waals surface area contributed by atoms with E-state index in [4.69, 9.17) is 14.6 Å². The number of aliphatic hydroxyl groups excluding tert-OH is 1. The van der Waals surface area contributed by atoms with Crippen LogP contribution in [0.1, 0.15) is 120 Å². The van der Waals surface area contributed by atoms with Crippen molar-refractivity contribution in [2.45, 2.75) is 138 Å². The van der Waals surface area contributed by atoms with Crippen LogP contribution in [0.3, 0.4) is 0 Å². The lowest BCUT2D eigenvalue weighted by molar-refractivity contribution is -0.146. The van der Waals surface area contributed by atoms with E-state index in [1.807, 2.05) is 27.7 Å². The molecule has 5 atom stereocenters. The van der Waals surface area contributed by atoms with Crippen LogP contribution < -0.4 is 26.6 Å². The molecule has 0 aromatic heterocycles. The Morgan fingerprint density at radius 1 is 0.915 bits per heavy atom. The highest BCUT2D eigenvalue weighted by molar-refractivity contribution is 6.55. The Bertz CT molecular complexity index is 829. The molecule has 1 amide bonds. The molecule has 9 nitrogen and oxygen atoms in total. The molecule has 1 aliphatic heterocycles. The summed E-state index contributed by atoms with van der Waals surface area (Å²) in [6.45, 7) is 29.8. The quantitative estimate of drug-likeness (QED) is 0.0706. The van der Waals surface area contributed by atoms with Gasteiger partial charge in [-0.05, 0) is 67.5 Å². The summed E-state index contributed by atoms with van der Waals surface area (Å²) in [6.07, 6.45) is 13.8. The van der Waals surface area contributed by atoms with Gasteiger partial charge in [0, 0.05) is 39.3 Å². The fraction of sp³-hybridized carbons (Fsp3) is 0.838. The minimum Gasteiger partial charge on any atom is -0.430 e. The highest BCUT2D eigenvalue weighted by Crippen LogP contribution is 2.63. The number of unbranched alkanes of at least 4 members (excludes halogenated alkanes) is 5. The number of carbonyl (C=O) groups excluding carboxylic acids is 2. The van der Waals surface area contributed by atoms with E-state index in [2.05, 4.69) is 81.3 Å². The van der Waals surface area contributed by atoms with Gasteiger partial charge in [-0.25, -0.2) is 0 Å². The molecule has 0 aromatic carbocycles. The van der Waals surface area contributed by atoms with Crippen molar-refractivity contribution in [1.29, 1.82) is 0 Å². The van der Waals surface area contributed by atoms with Crippen molar-refractivity contribution in [3.8, 4) is 0 Å². The van der Waals surface area contributed by atoms with E-state index in [1.165, 1.54) is 51.4 Å². The third kappa shape index (κ3) is 17.7. The lowest BCUT2D eigenvalue weighted by Crippen LogP contribution is -2.57. The monoisotopic (exact) mass is 666 g/mol. The number of hydrogen-bond donors (Lipinski definition) is 6. The van der Waals surface area contributed by atoms with Crippen molar-refractivity contribution < 1.29 is 19.3 Å². The molecule has 3 saturated carbocycles. The second-order valence-electron chi connectivity index (χ2n) is 13.7. The highest BCUT2D eigenvalue weighted by Gasteiger charge is 2.61. The molecule has 0 spiro atoms. The van der Waals surface area contributed by atoms with Crippen molar-refractivity contribution in [2.24, 2.45) is 29.1 Å². The largest absolute Gasteiger partial charge is 0.430 e. The molecule has 47 heavy (non-hydrogen) atoms. The Morgan fingerprint density at radius 3 is 2.04 bits per heavy atom. The van der Waals surface area contributed by atoms with Gasteiger partial charge in [0.2, 0.25) is 5.91 Å². The average Bonchev–Trinajstić information content (AvgIpc) is 3.53. The smallest absolute Gasteiger partial charge is 0.316 e. The molecule has 4 fully saturated rings. The predicted octanol–water partition coefficient (Wildman–Crippen LogP) is 6.27. The van der Waals surface area contributed by atoms with Crippen LogP contribution in [0, 0.1) is 29.1 Å². The molecule has 2 bridgehead atoms. The van der Waals surface area contributed by atoms with Gasteiger partial charge in [-0.2, -0.15) is 0 Å². The van der Waals surface area contributed by atoms with Crippen LogP contribution in [0.15, 0.2) is 24.8 Å². The van der Waals surface area contributed by atoms with Crippen molar-refractivity contribution in [2.75, 3.05) is 33.8 Å². The first-order valence-electron chi connectivity index (χ1n) is 18.5. The van der Waals surface area contributed by atoms with Crippen LogP contribution >= 0.6 is 0 Å². The van der Waals surface area contributed by atoms with Gasteiger partial charge in [-0.1, -0.05) is 101 Å². The first kappa shape index (κ1) is 46.9. The maximum absolute atomic E-state index is 12.7. The van der Waals surface area contributed by atoms with E-state index in [0.29, 0.717) is 29.3 Å². The van der Waals surface area contributed by atoms with E-state index in [9.17, 15) is 4.79 Å². The van der Waals surface area contributed by atoms with Gasteiger partial charge in [0.1, 0.15) is 6.79 Å². The summed E-state index contributed by atoms with van der Waals surface area (Å²) in [5.41, 5.74) is 0.431. The van der Waals surface area contributed by atoms with Gasteiger partial charge in [0.25, 0.3) is 0 Å². The maximum atomic E-state index is 12.7. The van der Waals surface area contributed by atoms with Gasteiger partial charge >= 0.3 is 6.92 Å². The maximum Gasteiger partial charge on any atom is 0.316 e. The third-order valence-electron chi connectivity index (χ3n) is 9.63. The Balaban J connectivity index is 0. The van der Waals surface area contributed by atoms with Gasteiger partial charge in [-0.15, -0.1) is 0 Å². The lowest BCUT2D eigenvalue weighted by Gasteiger charge is -2.61. The van der Waals surface area contributed by atoms with Crippen LogP contribution in [-0.4, -0.2) is 70.6 Å². The molecular formula is C37H76BN5O4. The average molecular weight is 666 g/mol. The number of carbonyl (C=O) groups is 2. The number of nitrogens with one attached hydrogen (secondary N) is 5. The van der Waals surface area contributed by atoms with Crippen LogP contribution in [0.5, 0.6) is 0 Å². The number of rotatable bonds is 19. The zero-order chi connectivity index (χ0) is 36.4. The molecule has 1 heterocycles. The highest BCUT2D eigenvalue weighted by atomic mass is 16.5. The Labute approximate surface area is 290 Å². The zero-order valence-electron chi connectivity index (χ0n) is 32.2. The Kier molecular flexibility index (Phi) is 27.7.